The van der Waals surface area contributed by atoms with Crippen LogP contribution in [0.2, 0.25) is 0 Å². The van der Waals surface area contributed by atoms with E-state index in [9.17, 15) is 18.0 Å². The van der Waals surface area contributed by atoms with Gasteiger partial charge in [0.05, 0.1) is 10.8 Å². The number of hydrogen-bond donors (Lipinski definition) is 1. The molecule has 1 aromatic heterocycles. The van der Waals surface area contributed by atoms with Crippen LogP contribution in [0.4, 0.5) is 11.6 Å². The van der Waals surface area contributed by atoms with E-state index in [0.29, 0.717) is 44.0 Å². The number of aromatic nitrogens is 2. The number of esters is 1. The Morgan fingerprint density at radius 2 is 1.88 bits per heavy atom. The number of nitrogens with zero attached hydrogens (tertiary/aromatic N) is 4. The summed E-state index contributed by atoms with van der Waals surface area (Å²) in [7, 11) is -3.82. The van der Waals surface area contributed by atoms with Gasteiger partial charge in [-0.25, -0.2) is 23.5 Å². The van der Waals surface area contributed by atoms with E-state index in [4.69, 9.17) is 9.88 Å². The van der Waals surface area contributed by atoms with Gasteiger partial charge in [-0.05, 0) is 56.0 Å². The topological polar surface area (TPSA) is 136 Å². The van der Waals surface area contributed by atoms with Crippen LogP contribution in [0.5, 0.6) is 0 Å². The van der Waals surface area contributed by atoms with Crippen molar-refractivity contribution in [2.45, 2.75) is 37.1 Å². The van der Waals surface area contributed by atoms with Crippen LogP contribution in [0.1, 0.15) is 25.3 Å². The SMILES string of the molecule is CC1Cc2cc(S(N)(=O)=O)ccc2N1C(=O)COC(=O)C1CCN(c2ncccn2)CC1. The van der Waals surface area contributed by atoms with Gasteiger partial charge >= 0.3 is 5.97 Å². The molecule has 0 bridgehead atoms. The number of ether oxygens (including phenoxy) is 1. The second kappa shape index (κ2) is 8.83. The molecule has 2 N–H and O–H groups in total. The summed E-state index contributed by atoms with van der Waals surface area (Å²) in [6.07, 6.45) is 5.07. The minimum absolute atomic E-state index is 0.0106. The average molecular weight is 460 g/mol. The molecule has 3 heterocycles. The Morgan fingerprint density at radius 1 is 1.19 bits per heavy atom. The Balaban J connectivity index is 1.33. The number of sulfonamides is 1. The van der Waals surface area contributed by atoms with Crippen molar-refractivity contribution in [3.8, 4) is 0 Å². The third-order valence-corrected chi connectivity index (χ3v) is 6.78. The van der Waals surface area contributed by atoms with Gasteiger partial charge in [-0.1, -0.05) is 0 Å². The van der Waals surface area contributed by atoms with Crippen LogP contribution in [0, 0.1) is 5.92 Å². The average Bonchev–Trinajstić information content (AvgIpc) is 3.12. The summed E-state index contributed by atoms with van der Waals surface area (Å²) < 4.78 is 28.5. The van der Waals surface area contributed by atoms with Crippen LogP contribution in [0.25, 0.3) is 0 Å². The number of carbonyl (C=O) groups is 2. The van der Waals surface area contributed by atoms with Gasteiger partial charge in [-0.2, -0.15) is 0 Å². The molecule has 1 atom stereocenters. The molecule has 0 aliphatic carbocycles. The molecule has 1 unspecified atom stereocenters. The quantitative estimate of drug-likeness (QED) is 0.651. The van der Waals surface area contributed by atoms with E-state index in [1.54, 1.807) is 29.4 Å². The van der Waals surface area contributed by atoms with Gasteiger partial charge in [0.1, 0.15) is 0 Å². The molecule has 1 fully saturated rings. The number of benzene rings is 1. The summed E-state index contributed by atoms with van der Waals surface area (Å²) in [6.45, 7) is 2.78. The molecule has 2 aliphatic rings. The lowest BCUT2D eigenvalue weighted by Crippen LogP contribution is -2.41. The van der Waals surface area contributed by atoms with Gasteiger partial charge in [-0.15, -0.1) is 0 Å². The first-order valence-corrected chi connectivity index (χ1v) is 11.9. The molecule has 1 amide bonds. The van der Waals surface area contributed by atoms with Crippen LogP contribution >= 0.6 is 0 Å². The summed E-state index contributed by atoms with van der Waals surface area (Å²) in [5.41, 5.74) is 1.33. The monoisotopic (exact) mass is 459 g/mol. The van der Waals surface area contributed by atoms with E-state index in [0.717, 1.165) is 5.56 Å². The molecule has 0 radical (unpaired) electrons. The van der Waals surface area contributed by atoms with E-state index in [1.165, 1.54) is 12.1 Å². The van der Waals surface area contributed by atoms with Gasteiger partial charge in [0.2, 0.25) is 16.0 Å². The maximum absolute atomic E-state index is 12.8. The van der Waals surface area contributed by atoms with Gasteiger partial charge in [0.25, 0.3) is 5.91 Å². The summed E-state index contributed by atoms with van der Waals surface area (Å²) >= 11 is 0. The lowest BCUT2D eigenvalue weighted by atomic mass is 9.97. The maximum Gasteiger partial charge on any atom is 0.309 e. The van der Waals surface area contributed by atoms with Crippen molar-refractivity contribution < 1.29 is 22.7 Å². The zero-order valence-electron chi connectivity index (χ0n) is 17.7. The second-order valence-corrected chi connectivity index (χ2v) is 9.63. The largest absolute Gasteiger partial charge is 0.455 e. The predicted octanol–water partition coefficient (Wildman–Crippen LogP) is 0.861. The number of anilines is 2. The Bertz CT molecular complexity index is 1120. The van der Waals surface area contributed by atoms with Crippen molar-refractivity contribution in [1.82, 2.24) is 9.97 Å². The number of carbonyl (C=O) groups excluding carboxylic acids is 2. The van der Waals surface area contributed by atoms with Gasteiger partial charge in [0, 0.05) is 37.2 Å². The molecule has 10 nitrogen and oxygen atoms in total. The Labute approximate surface area is 186 Å². The highest BCUT2D eigenvalue weighted by atomic mass is 32.2. The first kappa shape index (κ1) is 22.2. The Kier molecular flexibility index (Phi) is 6.11. The molecule has 1 aromatic carbocycles. The van der Waals surface area contributed by atoms with Crippen LogP contribution in [0.3, 0.4) is 0 Å². The minimum Gasteiger partial charge on any atom is -0.455 e. The number of piperidine rings is 1. The van der Waals surface area contributed by atoms with Gasteiger partial charge in [0.15, 0.2) is 6.61 Å². The number of nitrogens with two attached hydrogens (primary N) is 1. The van der Waals surface area contributed by atoms with Crippen LogP contribution < -0.4 is 14.9 Å². The maximum atomic E-state index is 12.8. The third kappa shape index (κ3) is 4.58. The fourth-order valence-electron chi connectivity index (χ4n) is 4.25. The molecule has 2 aromatic rings. The van der Waals surface area contributed by atoms with E-state index in [-0.39, 0.29) is 35.3 Å². The zero-order chi connectivity index (χ0) is 22.9. The molecular weight excluding hydrogens is 434 g/mol. The summed E-state index contributed by atoms with van der Waals surface area (Å²) in [5, 5.41) is 5.20. The molecule has 0 spiro atoms. The van der Waals surface area contributed by atoms with E-state index >= 15 is 0 Å². The zero-order valence-corrected chi connectivity index (χ0v) is 18.5. The molecule has 0 saturated carbocycles. The second-order valence-electron chi connectivity index (χ2n) is 8.07. The summed E-state index contributed by atoms with van der Waals surface area (Å²) in [6, 6.07) is 6.01. The number of hydrogen-bond acceptors (Lipinski definition) is 8. The Morgan fingerprint density at radius 3 is 2.53 bits per heavy atom. The van der Waals surface area contributed by atoms with E-state index < -0.39 is 10.0 Å². The fraction of sp³-hybridized carbons (Fsp3) is 0.429. The standard InChI is InChI=1S/C21H25N5O5S/c1-14-11-16-12-17(32(22,29)30)3-4-18(16)26(14)19(27)13-31-20(28)15-5-9-25(10-6-15)21-23-7-2-8-24-21/h2-4,7-8,12,14-15H,5-6,9-11,13H2,1H3,(H2,22,29,30). The number of amides is 1. The normalized spacial score (nSPS) is 19.0. The molecule has 32 heavy (non-hydrogen) atoms. The van der Waals surface area contributed by atoms with Gasteiger partial charge in [-0.3, -0.25) is 9.59 Å². The number of fused-ring (bicyclic) bond motifs is 1. The van der Waals surface area contributed by atoms with Crippen molar-refractivity contribution in [3.63, 3.8) is 0 Å². The smallest absolute Gasteiger partial charge is 0.309 e. The molecule has 2 aliphatic heterocycles. The van der Waals surface area contributed by atoms with Crippen LogP contribution in [-0.2, 0) is 30.8 Å². The number of rotatable bonds is 5. The lowest BCUT2D eigenvalue weighted by Gasteiger charge is -2.30. The lowest BCUT2D eigenvalue weighted by molar-refractivity contribution is -0.152. The summed E-state index contributed by atoms with van der Waals surface area (Å²) in [4.78, 5) is 37.4. The van der Waals surface area contributed by atoms with Crippen molar-refractivity contribution in [2.24, 2.45) is 11.1 Å². The van der Waals surface area contributed by atoms with E-state index in [2.05, 4.69) is 9.97 Å². The Hall–Kier alpha value is -3.05. The predicted molar refractivity (Wildman–Crippen MR) is 116 cm³/mol. The van der Waals surface area contributed by atoms with Crippen molar-refractivity contribution in [1.29, 1.82) is 0 Å². The minimum atomic E-state index is -3.82. The highest BCUT2D eigenvalue weighted by molar-refractivity contribution is 7.89. The van der Waals surface area contributed by atoms with Crippen LogP contribution in [-0.4, -0.2) is 56.0 Å². The van der Waals surface area contributed by atoms with Crippen molar-refractivity contribution in [3.05, 3.63) is 42.2 Å². The molecular formula is C21H25N5O5S. The third-order valence-electron chi connectivity index (χ3n) is 5.86. The molecule has 4 rings (SSSR count). The number of primary sulfonamides is 1. The van der Waals surface area contributed by atoms with E-state index in [1.807, 2.05) is 11.8 Å². The summed E-state index contributed by atoms with van der Waals surface area (Å²) in [5.74, 6) is -0.364. The first-order chi connectivity index (χ1) is 15.2. The highest BCUT2D eigenvalue weighted by Gasteiger charge is 2.33. The first-order valence-electron chi connectivity index (χ1n) is 10.4. The fourth-order valence-corrected chi connectivity index (χ4v) is 4.82. The molecule has 170 valence electrons. The highest BCUT2D eigenvalue weighted by Crippen LogP contribution is 2.34. The van der Waals surface area contributed by atoms with Crippen molar-refractivity contribution in [2.75, 3.05) is 29.5 Å². The molecule has 11 heteroatoms. The van der Waals surface area contributed by atoms with Crippen LogP contribution in [0.15, 0.2) is 41.6 Å². The molecule has 1 saturated heterocycles. The van der Waals surface area contributed by atoms with Crippen molar-refractivity contribution >= 4 is 33.5 Å². The van der Waals surface area contributed by atoms with Gasteiger partial charge < -0.3 is 14.5 Å².